The lowest BCUT2D eigenvalue weighted by Gasteiger charge is -2.14. The SMILES string of the molecule is COc1cc(CCN)cc(Cl)c1OCCOc1ccc(-c2ccccc2)cc1. The van der Waals surface area contributed by atoms with Gasteiger partial charge in [-0.1, -0.05) is 54.1 Å². The van der Waals surface area contributed by atoms with Crippen LogP contribution in [0.4, 0.5) is 0 Å². The van der Waals surface area contributed by atoms with Crippen LogP contribution in [0, 0.1) is 0 Å². The largest absolute Gasteiger partial charge is 0.493 e. The summed E-state index contributed by atoms with van der Waals surface area (Å²) in [7, 11) is 1.59. The second kappa shape index (κ2) is 10.0. The Kier molecular flexibility index (Phi) is 7.18. The number of benzene rings is 3. The van der Waals surface area contributed by atoms with Crippen molar-refractivity contribution in [3.05, 3.63) is 77.3 Å². The number of hydrogen-bond donors (Lipinski definition) is 1. The molecule has 5 heteroatoms. The first-order valence-corrected chi connectivity index (χ1v) is 9.56. The van der Waals surface area contributed by atoms with Gasteiger partial charge in [0.25, 0.3) is 0 Å². The van der Waals surface area contributed by atoms with Gasteiger partial charge in [0.15, 0.2) is 11.5 Å². The van der Waals surface area contributed by atoms with Gasteiger partial charge >= 0.3 is 0 Å². The maximum absolute atomic E-state index is 6.33. The molecular weight excluding hydrogens is 374 g/mol. The molecule has 0 saturated heterocycles. The zero-order chi connectivity index (χ0) is 19.8. The Hall–Kier alpha value is -2.69. The third kappa shape index (κ3) is 5.18. The van der Waals surface area contributed by atoms with E-state index in [-0.39, 0.29) is 0 Å². The summed E-state index contributed by atoms with van der Waals surface area (Å²) in [4.78, 5) is 0. The molecule has 0 aromatic heterocycles. The van der Waals surface area contributed by atoms with Crippen LogP contribution in [0.2, 0.25) is 5.02 Å². The summed E-state index contributed by atoms with van der Waals surface area (Å²) in [6, 6.07) is 22.0. The fourth-order valence-corrected chi connectivity index (χ4v) is 3.19. The molecule has 4 nitrogen and oxygen atoms in total. The maximum Gasteiger partial charge on any atom is 0.179 e. The minimum Gasteiger partial charge on any atom is -0.493 e. The van der Waals surface area contributed by atoms with Crippen molar-refractivity contribution >= 4 is 11.6 Å². The quantitative estimate of drug-likeness (QED) is 0.517. The molecule has 0 radical (unpaired) electrons. The monoisotopic (exact) mass is 397 g/mol. The van der Waals surface area contributed by atoms with Crippen LogP contribution in [0.5, 0.6) is 17.2 Å². The molecule has 0 aliphatic rings. The molecule has 0 aliphatic heterocycles. The van der Waals surface area contributed by atoms with Crippen molar-refractivity contribution < 1.29 is 14.2 Å². The van der Waals surface area contributed by atoms with Crippen LogP contribution in [-0.4, -0.2) is 26.9 Å². The molecule has 0 amide bonds. The third-order valence-corrected chi connectivity index (χ3v) is 4.56. The molecule has 0 bridgehead atoms. The van der Waals surface area contributed by atoms with Crippen molar-refractivity contribution in [1.29, 1.82) is 0 Å². The highest BCUT2D eigenvalue weighted by Gasteiger charge is 2.12. The Labute approximate surface area is 170 Å². The summed E-state index contributed by atoms with van der Waals surface area (Å²) < 4.78 is 17.0. The van der Waals surface area contributed by atoms with Crippen molar-refractivity contribution in [3.63, 3.8) is 0 Å². The average Bonchev–Trinajstić information content (AvgIpc) is 2.73. The van der Waals surface area contributed by atoms with Gasteiger partial charge in [-0.2, -0.15) is 0 Å². The van der Waals surface area contributed by atoms with Crippen LogP contribution in [-0.2, 0) is 6.42 Å². The molecule has 0 unspecified atom stereocenters. The van der Waals surface area contributed by atoms with Crippen molar-refractivity contribution in [2.24, 2.45) is 5.73 Å². The van der Waals surface area contributed by atoms with Gasteiger partial charge in [0.05, 0.1) is 12.1 Å². The Bertz CT molecular complexity index is 882. The van der Waals surface area contributed by atoms with E-state index in [0.29, 0.717) is 36.3 Å². The number of nitrogens with two attached hydrogens (primary N) is 1. The molecule has 2 N–H and O–H groups in total. The molecule has 28 heavy (non-hydrogen) atoms. The van der Waals surface area contributed by atoms with E-state index in [4.69, 9.17) is 31.5 Å². The Morgan fingerprint density at radius 1 is 0.857 bits per heavy atom. The number of methoxy groups -OCH3 is 1. The number of rotatable bonds is 9. The number of halogens is 1. The third-order valence-electron chi connectivity index (χ3n) is 4.28. The van der Waals surface area contributed by atoms with Gasteiger partial charge in [-0.15, -0.1) is 0 Å². The Balaban J connectivity index is 1.54. The summed E-state index contributed by atoms with van der Waals surface area (Å²) in [6.07, 6.45) is 0.735. The van der Waals surface area contributed by atoms with E-state index >= 15 is 0 Å². The molecule has 0 fully saturated rings. The van der Waals surface area contributed by atoms with E-state index in [0.717, 1.165) is 23.3 Å². The van der Waals surface area contributed by atoms with Gasteiger partial charge in [-0.25, -0.2) is 0 Å². The average molecular weight is 398 g/mol. The van der Waals surface area contributed by atoms with E-state index in [1.807, 2.05) is 54.6 Å². The van der Waals surface area contributed by atoms with E-state index in [9.17, 15) is 0 Å². The van der Waals surface area contributed by atoms with Crippen LogP contribution in [0.1, 0.15) is 5.56 Å². The van der Waals surface area contributed by atoms with Crippen molar-refractivity contribution in [2.75, 3.05) is 26.9 Å². The Morgan fingerprint density at radius 3 is 2.21 bits per heavy atom. The topological polar surface area (TPSA) is 53.7 Å². The summed E-state index contributed by atoms with van der Waals surface area (Å²) >= 11 is 6.33. The molecule has 0 saturated carbocycles. The smallest absolute Gasteiger partial charge is 0.179 e. The van der Waals surface area contributed by atoms with E-state index in [1.54, 1.807) is 7.11 Å². The predicted octanol–water partition coefficient (Wildman–Crippen LogP) is 4.97. The fourth-order valence-electron chi connectivity index (χ4n) is 2.90. The minimum absolute atomic E-state index is 0.354. The van der Waals surface area contributed by atoms with E-state index < -0.39 is 0 Å². The summed E-state index contributed by atoms with van der Waals surface area (Å²) in [5.74, 6) is 1.91. The molecule has 0 heterocycles. The highest BCUT2D eigenvalue weighted by Crippen LogP contribution is 2.36. The van der Waals surface area contributed by atoms with Crippen LogP contribution in [0.25, 0.3) is 11.1 Å². The lowest BCUT2D eigenvalue weighted by atomic mass is 10.1. The van der Waals surface area contributed by atoms with Gasteiger partial charge in [0.1, 0.15) is 19.0 Å². The van der Waals surface area contributed by atoms with E-state index in [2.05, 4.69) is 12.1 Å². The van der Waals surface area contributed by atoms with Crippen LogP contribution < -0.4 is 19.9 Å². The molecule has 0 aliphatic carbocycles. The van der Waals surface area contributed by atoms with Crippen molar-refractivity contribution in [3.8, 4) is 28.4 Å². The summed E-state index contributed by atoms with van der Waals surface area (Å²) in [6.45, 7) is 1.30. The summed E-state index contributed by atoms with van der Waals surface area (Å²) in [5, 5.41) is 0.509. The zero-order valence-corrected chi connectivity index (χ0v) is 16.6. The van der Waals surface area contributed by atoms with Gasteiger partial charge in [-0.3, -0.25) is 0 Å². The maximum atomic E-state index is 6.33. The first kappa shape index (κ1) is 20.1. The minimum atomic E-state index is 0.354. The first-order chi connectivity index (χ1) is 13.7. The van der Waals surface area contributed by atoms with Crippen molar-refractivity contribution in [2.45, 2.75) is 6.42 Å². The van der Waals surface area contributed by atoms with Crippen LogP contribution in [0.3, 0.4) is 0 Å². The molecule has 3 aromatic carbocycles. The van der Waals surface area contributed by atoms with E-state index in [1.165, 1.54) is 5.56 Å². The lowest BCUT2D eigenvalue weighted by molar-refractivity contribution is 0.211. The highest BCUT2D eigenvalue weighted by atomic mass is 35.5. The fraction of sp³-hybridized carbons (Fsp3) is 0.217. The highest BCUT2D eigenvalue weighted by molar-refractivity contribution is 6.32. The second-order valence-corrected chi connectivity index (χ2v) is 6.64. The molecule has 0 atom stereocenters. The van der Waals surface area contributed by atoms with Crippen LogP contribution in [0.15, 0.2) is 66.7 Å². The van der Waals surface area contributed by atoms with Crippen molar-refractivity contribution in [1.82, 2.24) is 0 Å². The molecule has 0 spiro atoms. The normalized spacial score (nSPS) is 10.5. The molecule has 3 rings (SSSR count). The number of hydrogen-bond acceptors (Lipinski definition) is 4. The lowest BCUT2D eigenvalue weighted by Crippen LogP contribution is -2.10. The van der Waals surface area contributed by atoms with Gasteiger partial charge < -0.3 is 19.9 Å². The zero-order valence-electron chi connectivity index (χ0n) is 15.9. The molecule has 3 aromatic rings. The molecular formula is C23H24ClNO3. The second-order valence-electron chi connectivity index (χ2n) is 6.24. The van der Waals surface area contributed by atoms with Gasteiger partial charge in [0.2, 0.25) is 0 Å². The van der Waals surface area contributed by atoms with Crippen LogP contribution >= 0.6 is 11.6 Å². The van der Waals surface area contributed by atoms with Gasteiger partial charge in [0, 0.05) is 0 Å². The molecule has 146 valence electrons. The Morgan fingerprint density at radius 2 is 1.54 bits per heavy atom. The number of ether oxygens (including phenoxy) is 3. The van der Waals surface area contributed by atoms with Gasteiger partial charge in [-0.05, 0) is 53.9 Å². The summed E-state index contributed by atoms with van der Waals surface area (Å²) in [5.41, 5.74) is 8.95. The standard InChI is InChI=1S/C23H24ClNO3/c1-26-22-16-17(11-12-25)15-21(24)23(22)28-14-13-27-20-9-7-19(8-10-20)18-5-3-2-4-6-18/h2-10,15-16H,11-14,25H2,1H3. The predicted molar refractivity (Wildman–Crippen MR) is 114 cm³/mol. The first-order valence-electron chi connectivity index (χ1n) is 9.19.